The number of carbonyl (C=O) groups is 1. The van der Waals surface area contributed by atoms with Gasteiger partial charge in [-0.3, -0.25) is 4.79 Å². The summed E-state index contributed by atoms with van der Waals surface area (Å²) in [5.41, 5.74) is 0. The maximum absolute atomic E-state index is 9.70. The van der Waals surface area contributed by atoms with E-state index in [1.165, 1.54) is 13.3 Å². The molecule has 0 atom stereocenters. The second kappa shape index (κ2) is 14.2. The molecule has 2 heteroatoms. The maximum Gasteiger partial charge on any atom is 0.216 e. The summed E-state index contributed by atoms with van der Waals surface area (Å²) < 4.78 is 0. The van der Waals surface area contributed by atoms with Gasteiger partial charge < -0.3 is 5.32 Å². The third kappa shape index (κ3) is 22.4. The fourth-order valence-electron chi connectivity index (χ4n) is 0.385. The minimum absolute atomic E-state index is 0.00463. The highest BCUT2D eigenvalue weighted by Gasteiger charge is 1.72. The van der Waals surface area contributed by atoms with E-state index in [1.54, 1.807) is 7.05 Å². The van der Waals surface area contributed by atoms with E-state index < -0.39 is 0 Å². The van der Waals surface area contributed by atoms with Crippen molar-refractivity contribution in [3.05, 3.63) is 36.4 Å². The van der Waals surface area contributed by atoms with Crippen molar-refractivity contribution in [1.82, 2.24) is 5.32 Å². The van der Waals surface area contributed by atoms with E-state index in [2.05, 4.69) is 19.2 Å². The number of carbonyl (C=O) groups excluding carboxylic acids is 1. The Hall–Kier alpha value is -1.31. The molecule has 0 radical (unpaired) electrons. The van der Waals surface area contributed by atoms with E-state index in [9.17, 15) is 4.79 Å². The molecule has 0 aliphatic heterocycles. The molecule has 1 aromatic carbocycles. The molecule has 0 unspecified atom stereocenters. The van der Waals surface area contributed by atoms with Gasteiger partial charge in [-0.05, 0) is 0 Å². The van der Waals surface area contributed by atoms with Gasteiger partial charge in [0, 0.05) is 14.0 Å². The smallest absolute Gasteiger partial charge is 0.216 e. The molecule has 0 heterocycles. The minimum Gasteiger partial charge on any atom is -0.359 e. The van der Waals surface area contributed by atoms with Crippen LogP contribution in [-0.2, 0) is 4.79 Å². The first-order valence-electron chi connectivity index (χ1n) is 4.87. The SMILES string of the molecule is CCC.CNC(C)=O.c1ccccc1. The van der Waals surface area contributed by atoms with Crippen molar-refractivity contribution < 1.29 is 4.79 Å². The lowest BCUT2D eigenvalue weighted by atomic mass is 10.4. The molecule has 0 aliphatic rings. The summed E-state index contributed by atoms with van der Waals surface area (Å²) in [4.78, 5) is 9.70. The van der Waals surface area contributed by atoms with Gasteiger partial charge in [-0.2, -0.15) is 0 Å². The predicted octanol–water partition coefficient (Wildman–Crippen LogP) is 2.86. The Bertz CT molecular complexity index is 170. The quantitative estimate of drug-likeness (QED) is 0.677. The van der Waals surface area contributed by atoms with Crippen LogP contribution >= 0.6 is 0 Å². The largest absolute Gasteiger partial charge is 0.359 e. The van der Waals surface area contributed by atoms with Crippen LogP contribution in [-0.4, -0.2) is 13.0 Å². The van der Waals surface area contributed by atoms with Gasteiger partial charge in [0.1, 0.15) is 0 Å². The van der Waals surface area contributed by atoms with E-state index in [-0.39, 0.29) is 5.91 Å². The molecule has 80 valence electrons. The van der Waals surface area contributed by atoms with E-state index in [0.29, 0.717) is 0 Å². The van der Waals surface area contributed by atoms with Gasteiger partial charge in [-0.25, -0.2) is 0 Å². The summed E-state index contributed by atoms with van der Waals surface area (Å²) in [7, 11) is 1.60. The zero-order chi connectivity index (χ0) is 11.2. The first-order valence-corrected chi connectivity index (χ1v) is 4.87. The van der Waals surface area contributed by atoms with Gasteiger partial charge in [0.15, 0.2) is 0 Å². The predicted molar refractivity (Wildman–Crippen MR) is 62.1 cm³/mol. The third-order valence-electron chi connectivity index (χ3n) is 1.02. The number of amides is 1. The van der Waals surface area contributed by atoms with Crippen LogP contribution in [0.5, 0.6) is 0 Å². The number of nitrogens with one attached hydrogen (secondary N) is 1. The normalized spacial score (nSPS) is 7.14. The molecule has 0 spiro atoms. The first kappa shape index (κ1) is 15.2. The second-order valence-corrected chi connectivity index (χ2v) is 2.67. The Morgan fingerprint density at radius 3 is 1.21 bits per heavy atom. The second-order valence-electron chi connectivity index (χ2n) is 2.67. The lowest BCUT2D eigenvalue weighted by molar-refractivity contribution is -0.118. The molecular weight excluding hydrogens is 174 g/mol. The molecule has 14 heavy (non-hydrogen) atoms. The van der Waals surface area contributed by atoms with E-state index >= 15 is 0 Å². The van der Waals surface area contributed by atoms with Crippen LogP contribution in [0.3, 0.4) is 0 Å². The summed E-state index contributed by atoms with van der Waals surface area (Å²) in [6.45, 7) is 5.72. The minimum atomic E-state index is 0.00463. The molecular formula is C12H21NO. The molecule has 0 aliphatic carbocycles. The zero-order valence-electron chi connectivity index (χ0n) is 9.58. The third-order valence-corrected chi connectivity index (χ3v) is 1.02. The van der Waals surface area contributed by atoms with Gasteiger partial charge in [0.2, 0.25) is 5.91 Å². The zero-order valence-corrected chi connectivity index (χ0v) is 9.58. The van der Waals surface area contributed by atoms with Crippen molar-refractivity contribution in [3.63, 3.8) is 0 Å². The summed E-state index contributed by atoms with van der Waals surface area (Å²) in [6, 6.07) is 12.0. The number of benzene rings is 1. The Morgan fingerprint density at radius 2 is 1.14 bits per heavy atom. The highest BCUT2D eigenvalue weighted by atomic mass is 16.1. The van der Waals surface area contributed by atoms with Crippen molar-refractivity contribution in [2.24, 2.45) is 0 Å². The molecule has 2 nitrogen and oxygen atoms in total. The number of rotatable bonds is 0. The van der Waals surface area contributed by atoms with Crippen molar-refractivity contribution >= 4 is 5.91 Å². The van der Waals surface area contributed by atoms with Crippen LogP contribution in [0.2, 0.25) is 0 Å². The Labute approximate surface area is 87.3 Å². The van der Waals surface area contributed by atoms with Crippen molar-refractivity contribution in [3.8, 4) is 0 Å². The van der Waals surface area contributed by atoms with E-state index in [4.69, 9.17) is 0 Å². The summed E-state index contributed by atoms with van der Waals surface area (Å²) in [6.07, 6.45) is 1.25. The Balaban J connectivity index is 0. The molecule has 0 saturated heterocycles. The average Bonchev–Trinajstić information content (AvgIpc) is 2.22. The summed E-state index contributed by atoms with van der Waals surface area (Å²) in [5, 5.41) is 2.39. The lowest BCUT2D eigenvalue weighted by Crippen LogP contribution is -2.11. The van der Waals surface area contributed by atoms with Crippen molar-refractivity contribution in [1.29, 1.82) is 0 Å². The lowest BCUT2D eigenvalue weighted by Gasteiger charge is -1.80. The topological polar surface area (TPSA) is 29.1 Å². The van der Waals surface area contributed by atoms with Gasteiger partial charge >= 0.3 is 0 Å². The number of hydrogen-bond donors (Lipinski definition) is 1. The summed E-state index contributed by atoms with van der Waals surface area (Å²) >= 11 is 0. The molecule has 0 saturated carbocycles. The van der Waals surface area contributed by atoms with Crippen LogP contribution in [0.1, 0.15) is 27.2 Å². The molecule has 1 aromatic rings. The van der Waals surface area contributed by atoms with Crippen LogP contribution < -0.4 is 5.32 Å². The maximum atomic E-state index is 9.70. The highest BCUT2D eigenvalue weighted by Crippen LogP contribution is 1.79. The highest BCUT2D eigenvalue weighted by molar-refractivity contribution is 5.72. The van der Waals surface area contributed by atoms with Crippen molar-refractivity contribution in [2.75, 3.05) is 7.05 Å². The molecule has 1 rings (SSSR count). The van der Waals surface area contributed by atoms with E-state index in [0.717, 1.165) is 0 Å². The van der Waals surface area contributed by atoms with Gasteiger partial charge in [0.05, 0.1) is 0 Å². The standard InChI is InChI=1S/C6H6.C3H7NO.C3H8/c1-2-4-6-5-3-1;1-3(5)4-2;1-3-2/h1-6H;1-2H3,(H,4,5);3H2,1-2H3. The fraction of sp³-hybridized carbons (Fsp3) is 0.417. The van der Waals surface area contributed by atoms with Crippen LogP contribution in [0, 0.1) is 0 Å². The monoisotopic (exact) mass is 195 g/mol. The molecule has 1 N–H and O–H groups in total. The van der Waals surface area contributed by atoms with Gasteiger partial charge in [-0.1, -0.05) is 56.7 Å². The Kier molecular flexibility index (Phi) is 15.4. The van der Waals surface area contributed by atoms with E-state index in [1.807, 2.05) is 36.4 Å². The van der Waals surface area contributed by atoms with Crippen LogP contribution in [0.25, 0.3) is 0 Å². The fourth-order valence-corrected chi connectivity index (χ4v) is 0.385. The Morgan fingerprint density at radius 1 is 1.00 bits per heavy atom. The van der Waals surface area contributed by atoms with Gasteiger partial charge in [-0.15, -0.1) is 0 Å². The van der Waals surface area contributed by atoms with Crippen LogP contribution in [0.4, 0.5) is 0 Å². The van der Waals surface area contributed by atoms with Gasteiger partial charge in [0.25, 0.3) is 0 Å². The molecule has 0 aromatic heterocycles. The molecule has 0 fully saturated rings. The van der Waals surface area contributed by atoms with Crippen molar-refractivity contribution in [2.45, 2.75) is 27.2 Å². The molecule has 1 amide bonds. The average molecular weight is 195 g/mol. The first-order chi connectivity index (χ1) is 6.68. The van der Waals surface area contributed by atoms with Crippen LogP contribution in [0.15, 0.2) is 36.4 Å². The summed E-state index contributed by atoms with van der Waals surface area (Å²) in [5.74, 6) is 0.00463. The number of hydrogen-bond acceptors (Lipinski definition) is 1. The molecule has 0 bridgehead atoms.